The van der Waals surface area contributed by atoms with E-state index in [9.17, 15) is 4.79 Å². The smallest absolute Gasteiger partial charge is 0.228 e. The molecule has 0 radical (unpaired) electrons. The Morgan fingerprint density at radius 1 is 1.33 bits per heavy atom. The fourth-order valence-electron chi connectivity index (χ4n) is 2.09. The number of fused-ring (bicyclic) bond motifs is 1. The highest BCUT2D eigenvalue weighted by Crippen LogP contribution is 2.28. The van der Waals surface area contributed by atoms with E-state index in [-0.39, 0.29) is 5.91 Å². The van der Waals surface area contributed by atoms with E-state index in [4.69, 9.17) is 0 Å². The quantitative estimate of drug-likeness (QED) is 0.749. The molecule has 1 amide bonds. The van der Waals surface area contributed by atoms with Crippen LogP contribution in [0.5, 0.6) is 0 Å². The third-order valence-corrected chi connectivity index (χ3v) is 2.90. The lowest BCUT2D eigenvalue weighted by Crippen LogP contribution is -2.05. The summed E-state index contributed by atoms with van der Waals surface area (Å²) in [7, 11) is 0. The van der Waals surface area contributed by atoms with Crippen molar-refractivity contribution >= 4 is 11.6 Å². The van der Waals surface area contributed by atoms with Gasteiger partial charge in [-0.25, -0.2) is 0 Å². The molecule has 2 heteroatoms. The molecule has 0 fully saturated rings. The lowest BCUT2D eigenvalue weighted by Gasteiger charge is -2.07. The Bertz CT molecular complexity index is 371. The first-order chi connectivity index (χ1) is 7.31. The van der Waals surface area contributed by atoms with Crippen LogP contribution in [0.1, 0.15) is 37.3 Å². The first-order valence-electron chi connectivity index (χ1n) is 5.72. The summed E-state index contributed by atoms with van der Waals surface area (Å²) in [5.74, 6) is 0.132. The van der Waals surface area contributed by atoms with Gasteiger partial charge in [0.1, 0.15) is 0 Å². The molecular formula is C13H17NO. The van der Waals surface area contributed by atoms with Gasteiger partial charge in [-0.2, -0.15) is 0 Å². The Morgan fingerprint density at radius 3 is 3.00 bits per heavy atom. The van der Waals surface area contributed by atoms with Crippen LogP contribution in [0.3, 0.4) is 0 Å². The highest BCUT2D eigenvalue weighted by molar-refractivity contribution is 6.00. The van der Waals surface area contributed by atoms with Gasteiger partial charge < -0.3 is 5.32 Å². The molecular weight excluding hydrogens is 186 g/mol. The number of anilines is 1. The summed E-state index contributed by atoms with van der Waals surface area (Å²) < 4.78 is 0. The number of nitrogens with one attached hydrogen (secondary N) is 1. The van der Waals surface area contributed by atoms with E-state index < -0.39 is 0 Å². The zero-order valence-electron chi connectivity index (χ0n) is 9.18. The minimum atomic E-state index is 0.132. The number of benzene rings is 1. The van der Waals surface area contributed by atoms with Crippen molar-refractivity contribution in [2.24, 2.45) is 0 Å². The second kappa shape index (κ2) is 4.47. The summed E-state index contributed by atoms with van der Waals surface area (Å²) in [6, 6.07) is 6.22. The lowest BCUT2D eigenvalue weighted by atomic mass is 10.0. The minimum Gasteiger partial charge on any atom is -0.325 e. The Morgan fingerprint density at radius 2 is 2.20 bits per heavy atom. The molecule has 1 aliphatic heterocycles. The van der Waals surface area contributed by atoms with Crippen molar-refractivity contribution in [3.63, 3.8) is 0 Å². The monoisotopic (exact) mass is 203 g/mol. The van der Waals surface area contributed by atoms with Gasteiger partial charge in [0.2, 0.25) is 5.91 Å². The van der Waals surface area contributed by atoms with Crippen LogP contribution in [0, 0.1) is 0 Å². The second-order valence-electron chi connectivity index (χ2n) is 4.13. The number of aryl methyl sites for hydroxylation is 1. The number of hydrogen-bond donors (Lipinski definition) is 1. The highest BCUT2D eigenvalue weighted by atomic mass is 16.1. The van der Waals surface area contributed by atoms with Crippen LogP contribution in [0.2, 0.25) is 0 Å². The molecule has 1 N–H and O–H groups in total. The SMILES string of the molecule is CCCCCc1cccc2c1NC(=O)C2. The van der Waals surface area contributed by atoms with Gasteiger partial charge >= 0.3 is 0 Å². The molecule has 0 aromatic heterocycles. The minimum absolute atomic E-state index is 0.132. The van der Waals surface area contributed by atoms with E-state index in [1.165, 1.54) is 24.8 Å². The molecule has 80 valence electrons. The van der Waals surface area contributed by atoms with E-state index in [1.54, 1.807) is 0 Å². The summed E-state index contributed by atoms with van der Waals surface area (Å²) in [6.07, 6.45) is 5.34. The zero-order valence-corrected chi connectivity index (χ0v) is 9.18. The largest absolute Gasteiger partial charge is 0.325 e. The predicted octanol–water partition coefficient (Wildman–Crippen LogP) is 2.91. The molecule has 15 heavy (non-hydrogen) atoms. The summed E-state index contributed by atoms with van der Waals surface area (Å²) in [5.41, 5.74) is 3.54. The molecule has 0 aliphatic carbocycles. The van der Waals surface area contributed by atoms with Crippen molar-refractivity contribution in [3.05, 3.63) is 29.3 Å². The van der Waals surface area contributed by atoms with Crippen LogP contribution >= 0.6 is 0 Å². The number of hydrogen-bond acceptors (Lipinski definition) is 1. The maximum Gasteiger partial charge on any atom is 0.228 e. The van der Waals surface area contributed by atoms with Crippen LogP contribution < -0.4 is 5.32 Å². The van der Waals surface area contributed by atoms with Crippen LogP contribution in [0.25, 0.3) is 0 Å². The number of carbonyl (C=O) groups is 1. The van der Waals surface area contributed by atoms with Crippen molar-refractivity contribution in [2.45, 2.75) is 39.0 Å². The Kier molecular flexibility index (Phi) is 3.05. The van der Waals surface area contributed by atoms with Gasteiger partial charge in [0.25, 0.3) is 0 Å². The van der Waals surface area contributed by atoms with E-state index in [1.807, 2.05) is 6.07 Å². The molecule has 1 aromatic rings. The molecule has 0 atom stereocenters. The van der Waals surface area contributed by atoms with Crippen LogP contribution in [-0.2, 0) is 17.6 Å². The predicted molar refractivity (Wildman–Crippen MR) is 62.0 cm³/mol. The third kappa shape index (κ3) is 2.20. The lowest BCUT2D eigenvalue weighted by molar-refractivity contribution is -0.115. The Hall–Kier alpha value is -1.31. The van der Waals surface area contributed by atoms with Crippen molar-refractivity contribution in [1.82, 2.24) is 0 Å². The molecule has 0 unspecified atom stereocenters. The number of rotatable bonds is 4. The number of para-hydroxylation sites is 1. The van der Waals surface area contributed by atoms with E-state index in [0.717, 1.165) is 17.7 Å². The molecule has 1 aromatic carbocycles. The van der Waals surface area contributed by atoms with E-state index in [0.29, 0.717) is 6.42 Å². The average Bonchev–Trinajstić information content (AvgIpc) is 2.59. The molecule has 2 rings (SSSR count). The normalized spacial score (nSPS) is 13.8. The summed E-state index contributed by atoms with van der Waals surface area (Å²) >= 11 is 0. The number of unbranched alkanes of at least 4 members (excludes halogenated alkanes) is 2. The average molecular weight is 203 g/mol. The zero-order chi connectivity index (χ0) is 10.7. The fraction of sp³-hybridized carbons (Fsp3) is 0.462. The summed E-state index contributed by atoms with van der Waals surface area (Å²) in [6.45, 7) is 2.21. The van der Waals surface area contributed by atoms with Gasteiger partial charge in [0.05, 0.1) is 6.42 Å². The van der Waals surface area contributed by atoms with Gasteiger partial charge in [-0.15, -0.1) is 0 Å². The summed E-state index contributed by atoms with van der Waals surface area (Å²) in [5, 5.41) is 2.95. The fourth-order valence-corrected chi connectivity index (χ4v) is 2.09. The molecule has 0 spiro atoms. The molecule has 0 saturated carbocycles. The van der Waals surface area contributed by atoms with Gasteiger partial charge in [0, 0.05) is 5.69 Å². The first kappa shape index (κ1) is 10.2. The van der Waals surface area contributed by atoms with Crippen molar-refractivity contribution in [1.29, 1.82) is 0 Å². The van der Waals surface area contributed by atoms with Crippen molar-refractivity contribution in [2.75, 3.05) is 5.32 Å². The number of carbonyl (C=O) groups excluding carboxylic acids is 1. The standard InChI is InChI=1S/C13H17NO/c1-2-3-4-6-10-7-5-8-11-9-12(15)14-13(10)11/h5,7-8H,2-4,6,9H2,1H3,(H,14,15). The number of amides is 1. The van der Waals surface area contributed by atoms with Crippen molar-refractivity contribution < 1.29 is 4.79 Å². The molecule has 2 nitrogen and oxygen atoms in total. The van der Waals surface area contributed by atoms with E-state index >= 15 is 0 Å². The first-order valence-corrected chi connectivity index (χ1v) is 5.72. The molecule has 1 heterocycles. The third-order valence-electron chi connectivity index (χ3n) is 2.90. The molecule has 0 saturated heterocycles. The van der Waals surface area contributed by atoms with Gasteiger partial charge in [-0.3, -0.25) is 4.79 Å². The van der Waals surface area contributed by atoms with Crippen molar-refractivity contribution in [3.8, 4) is 0 Å². The molecule has 0 bridgehead atoms. The Balaban J connectivity index is 2.12. The van der Waals surface area contributed by atoms with Gasteiger partial charge in [-0.1, -0.05) is 38.0 Å². The Labute approximate surface area is 90.7 Å². The van der Waals surface area contributed by atoms with Crippen LogP contribution in [0.15, 0.2) is 18.2 Å². The maximum absolute atomic E-state index is 11.3. The molecule has 1 aliphatic rings. The summed E-state index contributed by atoms with van der Waals surface area (Å²) in [4.78, 5) is 11.3. The topological polar surface area (TPSA) is 29.1 Å². The van der Waals surface area contributed by atoms with Crippen LogP contribution in [-0.4, -0.2) is 5.91 Å². The maximum atomic E-state index is 11.3. The van der Waals surface area contributed by atoms with Gasteiger partial charge in [0.15, 0.2) is 0 Å². The van der Waals surface area contributed by atoms with E-state index in [2.05, 4.69) is 24.4 Å². The van der Waals surface area contributed by atoms with Gasteiger partial charge in [-0.05, 0) is 24.0 Å². The second-order valence-corrected chi connectivity index (χ2v) is 4.13. The highest BCUT2D eigenvalue weighted by Gasteiger charge is 2.19. The van der Waals surface area contributed by atoms with Crippen LogP contribution in [0.4, 0.5) is 5.69 Å².